The summed E-state index contributed by atoms with van der Waals surface area (Å²) >= 11 is 0. The minimum Gasteiger partial charge on any atom is -0.454 e. The number of hydrogen-bond donors (Lipinski definition) is 1. The Hall–Kier alpha value is -2.77. The molecule has 23 heavy (non-hydrogen) atoms. The fourth-order valence-electron chi connectivity index (χ4n) is 2.03. The highest BCUT2D eigenvalue weighted by molar-refractivity contribution is 5.82. The number of carbonyl (C=O) groups is 2. The van der Waals surface area contributed by atoms with Gasteiger partial charge in [-0.1, -0.05) is 30.3 Å². The molecule has 1 N–H and O–H groups in total. The summed E-state index contributed by atoms with van der Waals surface area (Å²) in [5, 5.41) is 13.5. The minimum absolute atomic E-state index is 0.0131. The van der Waals surface area contributed by atoms with Crippen molar-refractivity contribution in [2.24, 2.45) is 0 Å². The molecule has 1 aromatic heterocycles. The van der Waals surface area contributed by atoms with E-state index in [2.05, 4.69) is 20.8 Å². The SMILES string of the molecule is CC(C)NC(=O)COC(=O)[C@@H](Cc1ccccc1)n1cnnn1. The Bertz CT molecular complexity index is 628. The Labute approximate surface area is 133 Å². The Morgan fingerprint density at radius 1 is 1.26 bits per heavy atom. The molecule has 8 heteroatoms. The van der Waals surface area contributed by atoms with Gasteiger partial charge in [0.15, 0.2) is 12.6 Å². The van der Waals surface area contributed by atoms with Crippen LogP contribution in [0.25, 0.3) is 0 Å². The molecule has 0 aliphatic rings. The van der Waals surface area contributed by atoms with Crippen molar-refractivity contribution in [1.29, 1.82) is 0 Å². The first-order valence-electron chi connectivity index (χ1n) is 7.28. The van der Waals surface area contributed by atoms with Crippen LogP contribution in [-0.4, -0.2) is 44.7 Å². The van der Waals surface area contributed by atoms with Gasteiger partial charge in [-0.15, -0.1) is 5.10 Å². The van der Waals surface area contributed by atoms with E-state index in [1.807, 2.05) is 44.2 Å². The van der Waals surface area contributed by atoms with Crippen LogP contribution >= 0.6 is 0 Å². The number of aromatic nitrogens is 4. The van der Waals surface area contributed by atoms with Gasteiger partial charge < -0.3 is 10.1 Å². The van der Waals surface area contributed by atoms with Crippen LogP contribution in [0.4, 0.5) is 0 Å². The van der Waals surface area contributed by atoms with Gasteiger partial charge in [0, 0.05) is 12.5 Å². The molecule has 1 atom stereocenters. The van der Waals surface area contributed by atoms with E-state index in [4.69, 9.17) is 4.74 Å². The normalized spacial score (nSPS) is 12.0. The maximum Gasteiger partial charge on any atom is 0.331 e. The van der Waals surface area contributed by atoms with Crippen LogP contribution in [0.3, 0.4) is 0 Å². The van der Waals surface area contributed by atoms with E-state index < -0.39 is 12.0 Å². The number of ether oxygens (including phenoxy) is 1. The number of carbonyl (C=O) groups excluding carboxylic acids is 2. The minimum atomic E-state index is -0.723. The van der Waals surface area contributed by atoms with Gasteiger partial charge >= 0.3 is 5.97 Å². The molecule has 0 spiro atoms. The molecule has 0 fully saturated rings. The molecule has 0 bridgehead atoms. The van der Waals surface area contributed by atoms with Crippen molar-refractivity contribution in [3.63, 3.8) is 0 Å². The van der Waals surface area contributed by atoms with Crippen LogP contribution in [0.15, 0.2) is 36.7 Å². The van der Waals surface area contributed by atoms with Crippen molar-refractivity contribution >= 4 is 11.9 Å². The zero-order chi connectivity index (χ0) is 16.7. The van der Waals surface area contributed by atoms with E-state index in [1.165, 1.54) is 11.0 Å². The molecule has 1 heterocycles. The van der Waals surface area contributed by atoms with Crippen molar-refractivity contribution in [3.05, 3.63) is 42.2 Å². The molecule has 0 aliphatic heterocycles. The van der Waals surface area contributed by atoms with Gasteiger partial charge in [0.2, 0.25) is 0 Å². The lowest BCUT2D eigenvalue weighted by atomic mass is 10.1. The fourth-order valence-corrected chi connectivity index (χ4v) is 2.03. The first kappa shape index (κ1) is 16.6. The average molecular weight is 317 g/mol. The highest BCUT2D eigenvalue weighted by atomic mass is 16.5. The summed E-state index contributed by atoms with van der Waals surface area (Å²) in [7, 11) is 0. The van der Waals surface area contributed by atoms with Gasteiger partial charge in [-0.3, -0.25) is 4.79 Å². The highest BCUT2D eigenvalue weighted by Crippen LogP contribution is 2.14. The summed E-state index contributed by atoms with van der Waals surface area (Å²) < 4.78 is 6.42. The third-order valence-corrected chi connectivity index (χ3v) is 3.02. The van der Waals surface area contributed by atoms with Gasteiger partial charge in [0.25, 0.3) is 5.91 Å². The molecule has 1 aromatic carbocycles. The molecule has 2 rings (SSSR count). The predicted octanol–water partition coefficient (Wildman–Crippen LogP) is 0.525. The topological polar surface area (TPSA) is 99.0 Å². The fraction of sp³-hybridized carbons (Fsp3) is 0.400. The van der Waals surface area contributed by atoms with Crippen LogP contribution in [0.1, 0.15) is 25.5 Å². The number of benzene rings is 1. The number of esters is 1. The third-order valence-electron chi connectivity index (χ3n) is 3.02. The molecule has 1 amide bonds. The zero-order valence-corrected chi connectivity index (χ0v) is 13.0. The molecular weight excluding hydrogens is 298 g/mol. The Morgan fingerprint density at radius 2 is 2.00 bits per heavy atom. The lowest BCUT2D eigenvalue weighted by Gasteiger charge is -2.16. The summed E-state index contributed by atoms with van der Waals surface area (Å²) in [6.45, 7) is 3.34. The maximum absolute atomic E-state index is 12.3. The standard InChI is InChI=1S/C15H19N5O3/c1-11(2)17-14(21)9-23-15(22)13(20-10-16-18-19-20)8-12-6-4-3-5-7-12/h3-7,10-11,13H,8-9H2,1-2H3,(H,17,21)/t13-/m1/s1. The third kappa shape index (κ3) is 5.17. The average Bonchev–Trinajstić information content (AvgIpc) is 3.05. The molecule has 2 aromatic rings. The molecular formula is C15H19N5O3. The van der Waals surface area contributed by atoms with Crippen LogP contribution in [0, 0.1) is 0 Å². The van der Waals surface area contributed by atoms with E-state index in [0.717, 1.165) is 5.56 Å². The Kier molecular flexibility index (Phi) is 5.79. The van der Waals surface area contributed by atoms with Crippen LogP contribution < -0.4 is 5.32 Å². The lowest BCUT2D eigenvalue weighted by molar-refractivity contribution is -0.152. The largest absolute Gasteiger partial charge is 0.454 e. The highest BCUT2D eigenvalue weighted by Gasteiger charge is 2.24. The molecule has 8 nitrogen and oxygen atoms in total. The molecule has 122 valence electrons. The number of hydrogen-bond acceptors (Lipinski definition) is 6. The first-order chi connectivity index (χ1) is 11.1. The van der Waals surface area contributed by atoms with Gasteiger partial charge in [-0.05, 0) is 29.8 Å². The summed E-state index contributed by atoms with van der Waals surface area (Å²) in [5.74, 6) is -0.899. The summed E-state index contributed by atoms with van der Waals surface area (Å²) in [6, 6.07) is 8.72. The van der Waals surface area contributed by atoms with Crippen LogP contribution in [-0.2, 0) is 20.7 Å². The van der Waals surface area contributed by atoms with Crippen molar-refractivity contribution in [2.45, 2.75) is 32.4 Å². The molecule has 0 saturated carbocycles. The zero-order valence-electron chi connectivity index (χ0n) is 13.0. The molecule has 0 saturated heterocycles. The second-order valence-corrected chi connectivity index (χ2v) is 5.33. The maximum atomic E-state index is 12.3. The quantitative estimate of drug-likeness (QED) is 0.748. The van der Waals surface area contributed by atoms with Gasteiger partial charge in [-0.25, -0.2) is 9.48 Å². The van der Waals surface area contributed by atoms with Gasteiger partial charge in [-0.2, -0.15) is 0 Å². The van der Waals surface area contributed by atoms with Crippen molar-refractivity contribution in [1.82, 2.24) is 25.5 Å². The van der Waals surface area contributed by atoms with Gasteiger partial charge in [0.05, 0.1) is 0 Å². The predicted molar refractivity (Wildman–Crippen MR) is 81.2 cm³/mol. The number of nitrogens with zero attached hydrogens (tertiary/aromatic N) is 4. The van der Waals surface area contributed by atoms with E-state index >= 15 is 0 Å². The monoisotopic (exact) mass is 317 g/mol. The second-order valence-electron chi connectivity index (χ2n) is 5.33. The van der Waals surface area contributed by atoms with Crippen molar-refractivity contribution in [3.8, 4) is 0 Å². The first-order valence-corrected chi connectivity index (χ1v) is 7.28. The molecule has 0 unspecified atom stereocenters. The van der Waals surface area contributed by atoms with Crippen LogP contribution in [0.5, 0.6) is 0 Å². The van der Waals surface area contributed by atoms with Crippen LogP contribution in [0.2, 0.25) is 0 Å². The number of nitrogens with one attached hydrogen (secondary N) is 1. The van der Waals surface area contributed by atoms with Gasteiger partial charge in [0.1, 0.15) is 6.33 Å². The van der Waals surface area contributed by atoms with E-state index in [9.17, 15) is 9.59 Å². The van der Waals surface area contributed by atoms with Crippen molar-refractivity contribution < 1.29 is 14.3 Å². The molecule has 0 radical (unpaired) electrons. The van der Waals surface area contributed by atoms with E-state index in [-0.39, 0.29) is 18.6 Å². The number of rotatable bonds is 7. The Morgan fingerprint density at radius 3 is 2.61 bits per heavy atom. The summed E-state index contributed by atoms with van der Waals surface area (Å²) in [4.78, 5) is 23.9. The lowest BCUT2D eigenvalue weighted by Crippen LogP contribution is -2.35. The number of amides is 1. The van der Waals surface area contributed by atoms with E-state index in [0.29, 0.717) is 6.42 Å². The Balaban J connectivity index is 2.02. The smallest absolute Gasteiger partial charge is 0.331 e. The number of tetrazole rings is 1. The van der Waals surface area contributed by atoms with Crippen molar-refractivity contribution in [2.75, 3.05) is 6.61 Å². The molecule has 0 aliphatic carbocycles. The van der Waals surface area contributed by atoms with E-state index in [1.54, 1.807) is 0 Å². The second kappa shape index (κ2) is 8.02. The summed E-state index contributed by atoms with van der Waals surface area (Å²) in [6.07, 6.45) is 1.72. The summed E-state index contributed by atoms with van der Waals surface area (Å²) in [5.41, 5.74) is 0.941.